The molecule has 0 saturated heterocycles. The highest BCUT2D eigenvalue weighted by atomic mass is 16.3. The van der Waals surface area contributed by atoms with Crippen molar-refractivity contribution in [2.24, 2.45) is 0 Å². The molecule has 3 aromatic rings. The fraction of sp³-hybridized carbons (Fsp3) is 0.0625. The average molecular weight is 251 g/mol. The number of anilines is 1. The van der Waals surface area contributed by atoms with Gasteiger partial charge in [0.05, 0.1) is 5.39 Å². The topological polar surface area (TPSA) is 56.2 Å². The van der Waals surface area contributed by atoms with Crippen LogP contribution in [0.15, 0.2) is 57.7 Å². The zero-order valence-corrected chi connectivity index (χ0v) is 10.5. The van der Waals surface area contributed by atoms with Crippen molar-refractivity contribution < 1.29 is 4.42 Å². The maximum atomic E-state index is 12.3. The molecule has 0 unspecified atom stereocenters. The molecule has 0 radical (unpaired) electrons. The third-order valence-corrected chi connectivity index (χ3v) is 3.12. The molecule has 3 heteroatoms. The Hall–Kier alpha value is -2.55. The largest absolute Gasteiger partial charge is 0.454 e. The van der Waals surface area contributed by atoms with Crippen LogP contribution in [0.25, 0.3) is 22.3 Å². The lowest BCUT2D eigenvalue weighted by Crippen LogP contribution is -2.10. The second kappa shape index (κ2) is 4.28. The summed E-state index contributed by atoms with van der Waals surface area (Å²) in [5, 5.41) is 0.525. The summed E-state index contributed by atoms with van der Waals surface area (Å²) in [4.78, 5) is 12.3. The Bertz CT molecular complexity index is 804. The maximum Gasteiger partial charge on any atom is 0.216 e. The van der Waals surface area contributed by atoms with Crippen molar-refractivity contribution in [3.05, 3.63) is 64.3 Å². The number of nitrogen functional groups attached to an aromatic ring is 1. The number of nitrogens with two attached hydrogens (primary N) is 1. The normalized spacial score (nSPS) is 10.8. The van der Waals surface area contributed by atoms with Crippen LogP contribution in [0.5, 0.6) is 0 Å². The van der Waals surface area contributed by atoms with Crippen molar-refractivity contribution in [1.29, 1.82) is 0 Å². The Balaban J connectivity index is 2.37. The summed E-state index contributed by atoms with van der Waals surface area (Å²) in [5.74, 6) is 0.432. The van der Waals surface area contributed by atoms with E-state index in [0.29, 0.717) is 16.7 Å². The van der Waals surface area contributed by atoms with Crippen molar-refractivity contribution in [2.45, 2.75) is 6.92 Å². The summed E-state index contributed by atoms with van der Waals surface area (Å²) >= 11 is 0. The number of benzene rings is 2. The van der Waals surface area contributed by atoms with Gasteiger partial charge in [0.25, 0.3) is 0 Å². The fourth-order valence-corrected chi connectivity index (χ4v) is 2.13. The summed E-state index contributed by atoms with van der Waals surface area (Å²) in [5.41, 5.74) is 8.27. The molecule has 0 spiro atoms. The van der Waals surface area contributed by atoms with E-state index < -0.39 is 0 Å². The Morgan fingerprint density at radius 3 is 2.53 bits per heavy atom. The smallest absolute Gasteiger partial charge is 0.216 e. The minimum Gasteiger partial charge on any atom is -0.454 e. The van der Waals surface area contributed by atoms with Crippen LogP contribution < -0.4 is 11.2 Å². The van der Waals surface area contributed by atoms with Crippen LogP contribution in [0.3, 0.4) is 0 Å². The fourth-order valence-electron chi connectivity index (χ4n) is 2.13. The molecule has 3 nitrogen and oxygen atoms in total. The van der Waals surface area contributed by atoms with Crippen LogP contribution in [0, 0.1) is 6.92 Å². The van der Waals surface area contributed by atoms with E-state index in [1.807, 2.05) is 43.3 Å². The quantitative estimate of drug-likeness (QED) is 0.721. The van der Waals surface area contributed by atoms with Crippen LogP contribution in [0.4, 0.5) is 5.69 Å². The molecule has 2 N–H and O–H groups in total. The first kappa shape index (κ1) is 11.5. The van der Waals surface area contributed by atoms with E-state index in [4.69, 9.17) is 10.2 Å². The van der Waals surface area contributed by atoms with E-state index >= 15 is 0 Å². The number of hydrogen-bond donors (Lipinski definition) is 1. The number of aryl methyl sites for hydroxylation is 1. The lowest BCUT2D eigenvalue weighted by atomic mass is 10.1. The minimum absolute atomic E-state index is 0.157. The van der Waals surface area contributed by atoms with Gasteiger partial charge in [0.1, 0.15) is 11.3 Å². The zero-order valence-electron chi connectivity index (χ0n) is 10.5. The Morgan fingerprint density at radius 2 is 1.79 bits per heavy atom. The summed E-state index contributed by atoms with van der Waals surface area (Å²) in [6, 6.07) is 14.9. The summed E-state index contributed by atoms with van der Waals surface area (Å²) < 4.78 is 5.79. The summed E-state index contributed by atoms with van der Waals surface area (Å²) in [6.45, 7) is 1.93. The summed E-state index contributed by atoms with van der Waals surface area (Å²) in [6.07, 6.45) is 0. The van der Waals surface area contributed by atoms with Crippen LogP contribution in [0.1, 0.15) is 5.56 Å². The average Bonchev–Trinajstić information content (AvgIpc) is 2.44. The van der Waals surface area contributed by atoms with Crippen molar-refractivity contribution in [3.8, 4) is 11.3 Å². The Labute approximate surface area is 110 Å². The van der Waals surface area contributed by atoms with Gasteiger partial charge in [0.15, 0.2) is 5.76 Å². The number of fused-ring (bicyclic) bond motifs is 1. The number of hydrogen-bond acceptors (Lipinski definition) is 3. The Morgan fingerprint density at radius 1 is 1.05 bits per heavy atom. The third-order valence-electron chi connectivity index (χ3n) is 3.12. The molecule has 0 fully saturated rings. The first-order valence-corrected chi connectivity index (χ1v) is 6.05. The SMILES string of the molecule is Cc1ccc2oc(-c3ccccc3)c(N)c(=O)c2c1. The third kappa shape index (κ3) is 1.89. The first-order valence-electron chi connectivity index (χ1n) is 6.05. The van der Waals surface area contributed by atoms with Crippen LogP contribution in [-0.2, 0) is 0 Å². The molecule has 0 aliphatic carbocycles. The highest BCUT2D eigenvalue weighted by Crippen LogP contribution is 2.27. The standard InChI is InChI=1S/C16H13NO2/c1-10-7-8-13-12(9-10)15(18)14(17)16(19-13)11-5-3-2-4-6-11/h2-9H,17H2,1H3. The highest BCUT2D eigenvalue weighted by molar-refractivity contribution is 5.85. The van der Waals surface area contributed by atoms with E-state index in [0.717, 1.165) is 11.1 Å². The van der Waals surface area contributed by atoms with Crippen molar-refractivity contribution in [2.75, 3.05) is 5.73 Å². The van der Waals surface area contributed by atoms with Gasteiger partial charge in [0, 0.05) is 5.56 Å². The lowest BCUT2D eigenvalue weighted by molar-refractivity contribution is 0.621. The maximum absolute atomic E-state index is 12.3. The minimum atomic E-state index is -0.177. The molecule has 1 heterocycles. The van der Waals surface area contributed by atoms with Gasteiger partial charge in [-0.05, 0) is 19.1 Å². The van der Waals surface area contributed by atoms with Crippen LogP contribution >= 0.6 is 0 Å². The molecule has 94 valence electrons. The molecular formula is C16H13NO2. The molecule has 0 atom stereocenters. The van der Waals surface area contributed by atoms with E-state index in [-0.39, 0.29) is 11.1 Å². The molecule has 19 heavy (non-hydrogen) atoms. The van der Waals surface area contributed by atoms with Gasteiger partial charge in [-0.15, -0.1) is 0 Å². The predicted molar refractivity (Wildman–Crippen MR) is 77.1 cm³/mol. The zero-order chi connectivity index (χ0) is 13.4. The lowest BCUT2D eigenvalue weighted by Gasteiger charge is -2.07. The van der Waals surface area contributed by atoms with Crippen LogP contribution in [0.2, 0.25) is 0 Å². The number of rotatable bonds is 1. The predicted octanol–water partition coefficient (Wildman–Crippen LogP) is 3.35. The molecule has 1 aromatic heterocycles. The molecule has 0 amide bonds. The molecule has 2 aromatic carbocycles. The molecule has 0 bridgehead atoms. The monoisotopic (exact) mass is 251 g/mol. The Kier molecular flexibility index (Phi) is 2.60. The van der Waals surface area contributed by atoms with Gasteiger partial charge >= 0.3 is 0 Å². The van der Waals surface area contributed by atoms with Crippen molar-refractivity contribution in [1.82, 2.24) is 0 Å². The van der Waals surface area contributed by atoms with E-state index in [2.05, 4.69) is 0 Å². The van der Waals surface area contributed by atoms with Gasteiger partial charge < -0.3 is 10.2 Å². The van der Waals surface area contributed by atoms with Gasteiger partial charge in [-0.25, -0.2) is 0 Å². The van der Waals surface area contributed by atoms with E-state index in [1.54, 1.807) is 12.1 Å². The highest BCUT2D eigenvalue weighted by Gasteiger charge is 2.13. The molecule has 0 aliphatic rings. The van der Waals surface area contributed by atoms with Gasteiger partial charge in [-0.1, -0.05) is 42.0 Å². The molecule has 0 saturated carbocycles. The molecule has 3 rings (SSSR count). The van der Waals surface area contributed by atoms with Gasteiger partial charge in [-0.3, -0.25) is 4.79 Å². The van der Waals surface area contributed by atoms with Gasteiger partial charge in [0.2, 0.25) is 5.43 Å². The summed E-state index contributed by atoms with van der Waals surface area (Å²) in [7, 11) is 0. The molecule has 0 aliphatic heterocycles. The van der Waals surface area contributed by atoms with Crippen LogP contribution in [-0.4, -0.2) is 0 Å². The van der Waals surface area contributed by atoms with E-state index in [1.165, 1.54) is 0 Å². The second-order valence-electron chi connectivity index (χ2n) is 4.54. The van der Waals surface area contributed by atoms with Crippen molar-refractivity contribution >= 4 is 16.7 Å². The second-order valence-corrected chi connectivity index (χ2v) is 4.54. The molecular weight excluding hydrogens is 238 g/mol. The van der Waals surface area contributed by atoms with Gasteiger partial charge in [-0.2, -0.15) is 0 Å². The van der Waals surface area contributed by atoms with E-state index in [9.17, 15) is 4.79 Å². The van der Waals surface area contributed by atoms with Crippen molar-refractivity contribution in [3.63, 3.8) is 0 Å². The first-order chi connectivity index (χ1) is 9.16.